The van der Waals surface area contributed by atoms with E-state index in [-0.39, 0.29) is 11.6 Å². The molecule has 0 spiro atoms. The molecule has 2 aromatic rings. The van der Waals surface area contributed by atoms with E-state index >= 15 is 0 Å². The Kier molecular flexibility index (Phi) is 3.97. The summed E-state index contributed by atoms with van der Waals surface area (Å²) < 4.78 is 27.0. The molecule has 0 aliphatic heterocycles. The summed E-state index contributed by atoms with van der Waals surface area (Å²) in [5, 5.41) is 0. The predicted molar refractivity (Wildman–Crippen MR) is 72.6 cm³/mol. The van der Waals surface area contributed by atoms with Gasteiger partial charge in [0.1, 0.15) is 11.6 Å². The van der Waals surface area contributed by atoms with Gasteiger partial charge in [-0.05, 0) is 42.0 Å². The first-order valence-corrected chi connectivity index (χ1v) is 6.25. The Bertz CT molecular complexity index is 537. The maximum absolute atomic E-state index is 13.2. The number of rotatable bonds is 3. The molecule has 94 valence electrons. The van der Waals surface area contributed by atoms with Crippen molar-refractivity contribution >= 4 is 21.6 Å². The molecule has 1 nitrogen and oxygen atoms in total. The standard InChI is InChI=1S/C14H12BrF2N/c1-18(14-4-2-3-12(16)8-14)9-10-5-11(15)7-13(17)6-10/h2-8H,9H2,1H3. The SMILES string of the molecule is CN(Cc1cc(F)cc(Br)c1)c1cccc(F)c1. The Hall–Kier alpha value is -1.42. The summed E-state index contributed by atoms with van der Waals surface area (Å²) in [6, 6.07) is 11.1. The van der Waals surface area contributed by atoms with E-state index in [4.69, 9.17) is 0 Å². The minimum absolute atomic E-state index is 0.278. The van der Waals surface area contributed by atoms with E-state index in [2.05, 4.69) is 15.9 Å². The Morgan fingerprint density at radius 2 is 1.83 bits per heavy atom. The molecule has 2 aromatic carbocycles. The van der Waals surface area contributed by atoms with E-state index in [0.29, 0.717) is 11.0 Å². The number of nitrogens with zero attached hydrogens (tertiary/aromatic N) is 1. The molecular weight excluding hydrogens is 300 g/mol. The smallest absolute Gasteiger partial charge is 0.125 e. The average molecular weight is 312 g/mol. The largest absolute Gasteiger partial charge is 0.370 e. The number of hydrogen-bond donors (Lipinski definition) is 0. The lowest BCUT2D eigenvalue weighted by molar-refractivity contribution is 0.623. The monoisotopic (exact) mass is 311 g/mol. The minimum atomic E-state index is -0.285. The summed E-state index contributed by atoms with van der Waals surface area (Å²) in [6.07, 6.45) is 0. The summed E-state index contributed by atoms with van der Waals surface area (Å²) in [7, 11) is 1.84. The highest BCUT2D eigenvalue weighted by molar-refractivity contribution is 9.10. The van der Waals surface area contributed by atoms with Gasteiger partial charge in [-0.1, -0.05) is 22.0 Å². The third-order valence-corrected chi connectivity index (χ3v) is 3.05. The van der Waals surface area contributed by atoms with Crippen LogP contribution in [0.15, 0.2) is 46.9 Å². The van der Waals surface area contributed by atoms with Crippen molar-refractivity contribution in [3.05, 3.63) is 64.1 Å². The molecule has 0 atom stereocenters. The molecule has 4 heteroatoms. The van der Waals surface area contributed by atoms with E-state index in [1.165, 1.54) is 24.3 Å². The van der Waals surface area contributed by atoms with E-state index in [1.807, 2.05) is 24.1 Å². The topological polar surface area (TPSA) is 3.24 Å². The van der Waals surface area contributed by atoms with Crippen molar-refractivity contribution in [2.45, 2.75) is 6.54 Å². The first kappa shape index (κ1) is 13.0. The van der Waals surface area contributed by atoms with E-state index in [1.54, 1.807) is 6.07 Å². The van der Waals surface area contributed by atoms with E-state index in [9.17, 15) is 8.78 Å². The fourth-order valence-corrected chi connectivity index (χ4v) is 2.29. The highest BCUT2D eigenvalue weighted by Gasteiger charge is 2.05. The Balaban J connectivity index is 2.18. The van der Waals surface area contributed by atoms with Crippen LogP contribution >= 0.6 is 15.9 Å². The fourth-order valence-electron chi connectivity index (χ4n) is 1.78. The van der Waals surface area contributed by atoms with Gasteiger partial charge in [-0.15, -0.1) is 0 Å². The van der Waals surface area contributed by atoms with Crippen LogP contribution < -0.4 is 4.90 Å². The molecule has 18 heavy (non-hydrogen) atoms. The third kappa shape index (κ3) is 3.29. The summed E-state index contributed by atoms with van der Waals surface area (Å²) in [5.74, 6) is -0.563. The van der Waals surface area contributed by atoms with Crippen LogP contribution in [0.1, 0.15) is 5.56 Å². The zero-order chi connectivity index (χ0) is 13.1. The zero-order valence-corrected chi connectivity index (χ0v) is 11.4. The molecule has 0 aliphatic rings. The van der Waals surface area contributed by atoms with Gasteiger partial charge in [0.15, 0.2) is 0 Å². The van der Waals surface area contributed by atoms with Crippen LogP contribution in [0.2, 0.25) is 0 Å². The first-order chi connectivity index (χ1) is 8.54. The molecule has 0 N–H and O–H groups in total. The molecule has 0 bridgehead atoms. The van der Waals surface area contributed by atoms with Crippen LogP contribution in [0.3, 0.4) is 0 Å². The summed E-state index contributed by atoms with van der Waals surface area (Å²) >= 11 is 3.25. The molecule has 0 aromatic heterocycles. The van der Waals surface area contributed by atoms with Gasteiger partial charge in [0.2, 0.25) is 0 Å². The van der Waals surface area contributed by atoms with Crippen molar-refractivity contribution in [2.75, 3.05) is 11.9 Å². The molecule has 0 aliphatic carbocycles. The summed E-state index contributed by atoms with van der Waals surface area (Å²) in [5.41, 5.74) is 1.59. The molecule has 0 saturated carbocycles. The average Bonchev–Trinajstić information content (AvgIpc) is 2.27. The molecule has 0 amide bonds. The third-order valence-electron chi connectivity index (χ3n) is 2.59. The van der Waals surface area contributed by atoms with Crippen molar-refractivity contribution in [1.82, 2.24) is 0 Å². The molecule has 0 unspecified atom stereocenters. The number of hydrogen-bond acceptors (Lipinski definition) is 1. The normalized spacial score (nSPS) is 10.4. The van der Waals surface area contributed by atoms with Crippen molar-refractivity contribution in [2.24, 2.45) is 0 Å². The quantitative estimate of drug-likeness (QED) is 0.814. The maximum atomic E-state index is 13.2. The van der Waals surface area contributed by atoms with Crippen LogP contribution in [-0.4, -0.2) is 7.05 Å². The summed E-state index contributed by atoms with van der Waals surface area (Å²) in [4.78, 5) is 1.87. The van der Waals surface area contributed by atoms with Gasteiger partial charge < -0.3 is 4.90 Å². The Labute approximate surface area is 113 Å². The van der Waals surface area contributed by atoms with Crippen LogP contribution in [0.25, 0.3) is 0 Å². The highest BCUT2D eigenvalue weighted by atomic mass is 79.9. The van der Waals surface area contributed by atoms with Gasteiger partial charge in [0.05, 0.1) is 0 Å². The Morgan fingerprint density at radius 3 is 2.50 bits per heavy atom. The lowest BCUT2D eigenvalue weighted by Crippen LogP contribution is -2.16. The second-order valence-electron chi connectivity index (χ2n) is 4.11. The summed E-state index contributed by atoms with van der Waals surface area (Å²) in [6.45, 7) is 0.514. The minimum Gasteiger partial charge on any atom is -0.370 e. The number of halogens is 3. The van der Waals surface area contributed by atoms with E-state index in [0.717, 1.165) is 11.3 Å². The molecule has 0 saturated heterocycles. The number of anilines is 1. The van der Waals surface area contributed by atoms with Crippen molar-refractivity contribution < 1.29 is 8.78 Å². The van der Waals surface area contributed by atoms with Gasteiger partial charge >= 0.3 is 0 Å². The van der Waals surface area contributed by atoms with Crippen LogP contribution in [-0.2, 0) is 6.54 Å². The molecular formula is C14H12BrF2N. The van der Waals surface area contributed by atoms with Crippen LogP contribution in [0.4, 0.5) is 14.5 Å². The van der Waals surface area contributed by atoms with Gasteiger partial charge in [-0.2, -0.15) is 0 Å². The lowest BCUT2D eigenvalue weighted by atomic mass is 10.2. The zero-order valence-electron chi connectivity index (χ0n) is 9.83. The predicted octanol–water partition coefficient (Wildman–Crippen LogP) is 4.36. The Morgan fingerprint density at radius 1 is 1.06 bits per heavy atom. The van der Waals surface area contributed by atoms with Crippen molar-refractivity contribution in [1.29, 1.82) is 0 Å². The molecule has 0 fully saturated rings. The molecule has 0 heterocycles. The van der Waals surface area contributed by atoms with Crippen molar-refractivity contribution in [3.63, 3.8) is 0 Å². The number of benzene rings is 2. The second-order valence-corrected chi connectivity index (χ2v) is 5.03. The first-order valence-electron chi connectivity index (χ1n) is 5.46. The van der Waals surface area contributed by atoms with E-state index < -0.39 is 0 Å². The fraction of sp³-hybridized carbons (Fsp3) is 0.143. The van der Waals surface area contributed by atoms with Crippen LogP contribution in [0.5, 0.6) is 0 Å². The van der Waals surface area contributed by atoms with Crippen molar-refractivity contribution in [3.8, 4) is 0 Å². The molecule has 0 radical (unpaired) electrons. The van der Waals surface area contributed by atoms with Gasteiger partial charge in [-0.3, -0.25) is 0 Å². The second kappa shape index (κ2) is 5.48. The molecule has 2 rings (SSSR count). The lowest BCUT2D eigenvalue weighted by Gasteiger charge is -2.19. The van der Waals surface area contributed by atoms with Gasteiger partial charge in [0.25, 0.3) is 0 Å². The van der Waals surface area contributed by atoms with Gasteiger partial charge in [0, 0.05) is 23.8 Å². The van der Waals surface area contributed by atoms with Gasteiger partial charge in [-0.25, -0.2) is 8.78 Å². The maximum Gasteiger partial charge on any atom is 0.125 e. The highest BCUT2D eigenvalue weighted by Crippen LogP contribution is 2.19. The van der Waals surface area contributed by atoms with Crippen LogP contribution in [0, 0.1) is 11.6 Å².